The van der Waals surface area contributed by atoms with E-state index in [1.54, 1.807) is 12.1 Å². The Morgan fingerprint density at radius 3 is 2.89 bits per heavy atom. The van der Waals surface area contributed by atoms with E-state index < -0.39 is 0 Å². The topological polar surface area (TPSA) is 74.5 Å². The fourth-order valence-corrected chi connectivity index (χ4v) is 3.19. The van der Waals surface area contributed by atoms with Gasteiger partial charge in [-0.15, -0.1) is 0 Å². The minimum Gasteiger partial charge on any atom is -0.355 e. The van der Waals surface area contributed by atoms with Crippen molar-refractivity contribution in [3.8, 4) is 11.4 Å². The van der Waals surface area contributed by atoms with Crippen molar-refractivity contribution in [1.29, 1.82) is 0 Å². The van der Waals surface area contributed by atoms with Crippen LogP contribution in [0.5, 0.6) is 0 Å². The van der Waals surface area contributed by atoms with Crippen LogP contribution in [0.15, 0.2) is 28.8 Å². The van der Waals surface area contributed by atoms with Gasteiger partial charge >= 0.3 is 0 Å². The normalized spacial score (nSPS) is 18.0. The first-order valence-corrected chi connectivity index (χ1v) is 9.24. The summed E-state index contributed by atoms with van der Waals surface area (Å²) in [6.07, 6.45) is 1.86. The molecule has 0 spiro atoms. The lowest BCUT2D eigenvalue weighted by atomic mass is 9.97. The number of amides is 1. The number of likely N-dealkylation sites (N-methyl/N-ethyl adjacent to an activating group) is 1. The Labute approximate surface area is 158 Å². The fourth-order valence-electron chi connectivity index (χ4n) is 3.19. The highest BCUT2D eigenvalue weighted by Crippen LogP contribution is 2.20. The smallest absolute Gasteiger partial charge is 0.241 e. The quantitative estimate of drug-likeness (QED) is 0.795. The Morgan fingerprint density at radius 2 is 2.15 bits per heavy atom. The highest BCUT2D eigenvalue weighted by Gasteiger charge is 2.26. The van der Waals surface area contributed by atoms with Crippen LogP contribution in [0.25, 0.3) is 11.4 Å². The molecule has 2 aromatic rings. The van der Waals surface area contributed by atoms with Crippen molar-refractivity contribution in [2.24, 2.45) is 5.92 Å². The van der Waals surface area contributed by atoms with E-state index in [4.69, 9.17) is 4.52 Å². The van der Waals surface area contributed by atoms with Crippen molar-refractivity contribution >= 4 is 5.91 Å². The maximum atomic E-state index is 13.0. The van der Waals surface area contributed by atoms with Crippen LogP contribution in [-0.2, 0) is 11.3 Å². The molecule has 8 heteroatoms. The molecule has 0 bridgehead atoms. The molecule has 146 valence electrons. The molecule has 1 aliphatic rings. The van der Waals surface area contributed by atoms with E-state index in [0.717, 1.165) is 25.9 Å². The summed E-state index contributed by atoms with van der Waals surface area (Å²) in [5.41, 5.74) is 0.711. The molecule has 1 N–H and O–H groups in total. The van der Waals surface area contributed by atoms with Gasteiger partial charge < -0.3 is 14.7 Å². The minimum absolute atomic E-state index is 0.0135. The molecule has 1 aromatic carbocycles. The second kappa shape index (κ2) is 9.05. The average Bonchev–Trinajstić information content (AvgIpc) is 3.10. The van der Waals surface area contributed by atoms with E-state index in [0.29, 0.717) is 36.9 Å². The lowest BCUT2D eigenvalue weighted by Gasteiger charge is -2.31. The van der Waals surface area contributed by atoms with Crippen molar-refractivity contribution in [2.75, 3.05) is 40.3 Å². The summed E-state index contributed by atoms with van der Waals surface area (Å²) in [7, 11) is 3.97. The highest BCUT2D eigenvalue weighted by molar-refractivity contribution is 5.78. The molecule has 1 amide bonds. The molecule has 0 aliphatic carbocycles. The van der Waals surface area contributed by atoms with Crippen LogP contribution in [0.1, 0.15) is 18.7 Å². The molecule has 1 saturated heterocycles. The number of carbonyl (C=O) groups is 1. The molecular weight excluding hydrogens is 349 g/mol. The summed E-state index contributed by atoms with van der Waals surface area (Å²) in [5.74, 6) is 0.744. The number of rotatable bonds is 7. The standard InChI is InChI=1S/C19H26FN5O2/c1-24(2)11-9-21-19(26)15-4-3-10-25(12-15)13-17-22-18(23-27-17)14-5-7-16(20)8-6-14/h5-8,15H,3-4,9-13H2,1-2H3,(H,21,26). The van der Waals surface area contributed by atoms with Crippen molar-refractivity contribution in [2.45, 2.75) is 19.4 Å². The van der Waals surface area contributed by atoms with Crippen molar-refractivity contribution in [3.05, 3.63) is 36.0 Å². The van der Waals surface area contributed by atoms with Crippen LogP contribution in [0.4, 0.5) is 4.39 Å². The molecule has 3 rings (SSSR count). The highest BCUT2D eigenvalue weighted by atomic mass is 19.1. The molecule has 0 radical (unpaired) electrons. The molecule has 27 heavy (non-hydrogen) atoms. The van der Waals surface area contributed by atoms with E-state index >= 15 is 0 Å². The number of nitrogens with one attached hydrogen (secondary N) is 1. The van der Waals surface area contributed by atoms with E-state index in [-0.39, 0.29) is 17.6 Å². The molecule has 7 nitrogen and oxygen atoms in total. The van der Waals surface area contributed by atoms with Gasteiger partial charge in [0.2, 0.25) is 17.6 Å². The van der Waals surface area contributed by atoms with Gasteiger partial charge in [0.25, 0.3) is 0 Å². The van der Waals surface area contributed by atoms with Gasteiger partial charge in [0, 0.05) is 25.2 Å². The van der Waals surface area contributed by atoms with Gasteiger partial charge in [0.05, 0.1) is 12.5 Å². The third-order valence-corrected chi connectivity index (χ3v) is 4.66. The first-order valence-electron chi connectivity index (χ1n) is 9.24. The van der Waals surface area contributed by atoms with Crippen molar-refractivity contribution in [1.82, 2.24) is 25.3 Å². The lowest BCUT2D eigenvalue weighted by molar-refractivity contribution is -0.126. The van der Waals surface area contributed by atoms with Gasteiger partial charge in [0.1, 0.15) is 5.82 Å². The van der Waals surface area contributed by atoms with E-state index in [2.05, 4.69) is 20.4 Å². The van der Waals surface area contributed by atoms with E-state index in [1.165, 1.54) is 12.1 Å². The van der Waals surface area contributed by atoms with Crippen LogP contribution < -0.4 is 5.32 Å². The lowest BCUT2D eigenvalue weighted by Crippen LogP contribution is -2.44. The zero-order chi connectivity index (χ0) is 19.2. The van der Waals surface area contributed by atoms with Gasteiger partial charge in [0.15, 0.2) is 0 Å². The summed E-state index contributed by atoms with van der Waals surface area (Å²) in [6, 6.07) is 5.99. The molecule has 1 atom stereocenters. The zero-order valence-electron chi connectivity index (χ0n) is 15.8. The molecule has 0 saturated carbocycles. The Hall–Kier alpha value is -2.32. The number of hydrogen-bond acceptors (Lipinski definition) is 6. The van der Waals surface area contributed by atoms with E-state index in [1.807, 2.05) is 19.0 Å². The van der Waals surface area contributed by atoms with Crippen LogP contribution in [0.2, 0.25) is 0 Å². The van der Waals surface area contributed by atoms with Gasteiger partial charge in [-0.05, 0) is 57.7 Å². The molecule has 1 fully saturated rings. The average molecular weight is 375 g/mol. The van der Waals surface area contributed by atoms with Gasteiger partial charge in [-0.2, -0.15) is 4.98 Å². The fraction of sp³-hybridized carbons (Fsp3) is 0.526. The Kier molecular flexibility index (Phi) is 6.52. The number of aromatic nitrogens is 2. The largest absolute Gasteiger partial charge is 0.355 e. The third-order valence-electron chi connectivity index (χ3n) is 4.66. The van der Waals surface area contributed by atoms with Crippen LogP contribution in [0.3, 0.4) is 0 Å². The number of piperidine rings is 1. The first-order chi connectivity index (χ1) is 13.0. The Morgan fingerprint density at radius 1 is 1.37 bits per heavy atom. The maximum Gasteiger partial charge on any atom is 0.241 e. The first kappa shape index (κ1) is 19.4. The SMILES string of the molecule is CN(C)CCNC(=O)C1CCCN(Cc2nc(-c3ccc(F)cc3)no2)C1. The van der Waals surface area contributed by atoms with Crippen LogP contribution in [-0.4, -0.2) is 66.1 Å². The molecular formula is C19H26FN5O2. The Balaban J connectivity index is 1.53. The number of halogens is 1. The zero-order valence-corrected chi connectivity index (χ0v) is 15.8. The number of likely N-dealkylation sites (tertiary alicyclic amines) is 1. The van der Waals surface area contributed by atoms with E-state index in [9.17, 15) is 9.18 Å². The predicted octanol–water partition coefficient (Wildman–Crippen LogP) is 1.77. The molecule has 2 heterocycles. The third kappa shape index (κ3) is 5.58. The second-order valence-corrected chi connectivity index (χ2v) is 7.19. The van der Waals surface area contributed by atoms with Crippen molar-refractivity contribution < 1.29 is 13.7 Å². The minimum atomic E-state index is -0.300. The predicted molar refractivity (Wildman–Crippen MR) is 99.3 cm³/mol. The van der Waals surface area contributed by atoms with Crippen LogP contribution >= 0.6 is 0 Å². The van der Waals surface area contributed by atoms with Crippen LogP contribution in [0, 0.1) is 11.7 Å². The Bertz CT molecular complexity index is 747. The maximum absolute atomic E-state index is 13.0. The summed E-state index contributed by atoms with van der Waals surface area (Å²) < 4.78 is 18.4. The molecule has 1 unspecified atom stereocenters. The summed E-state index contributed by atoms with van der Waals surface area (Å²) in [5, 5.41) is 6.98. The summed E-state index contributed by atoms with van der Waals surface area (Å²) >= 11 is 0. The van der Waals surface area contributed by atoms with Crippen molar-refractivity contribution in [3.63, 3.8) is 0 Å². The monoisotopic (exact) mass is 375 g/mol. The van der Waals surface area contributed by atoms with Gasteiger partial charge in [-0.3, -0.25) is 9.69 Å². The molecule has 1 aromatic heterocycles. The summed E-state index contributed by atoms with van der Waals surface area (Å²) in [4.78, 5) is 21.0. The number of hydrogen-bond donors (Lipinski definition) is 1. The second-order valence-electron chi connectivity index (χ2n) is 7.19. The number of benzene rings is 1. The number of nitrogens with zero attached hydrogens (tertiary/aromatic N) is 4. The molecule has 1 aliphatic heterocycles. The number of carbonyl (C=O) groups excluding carboxylic acids is 1. The summed E-state index contributed by atoms with van der Waals surface area (Å²) in [6.45, 7) is 3.58. The van der Waals surface area contributed by atoms with Gasteiger partial charge in [-0.25, -0.2) is 4.39 Å². The van der Waals surface area contributed by atoms with Gasteiger partial charge in [-0.1, -0.05) is 5.16 Å².